The highest BCUT2D eigenvalue weighted by Gasteiger charge is 2.44. The van der Waals surface area contributed by atoms with Crippen molar-refractivity contribution in [3.8, 4) is 0 Å². The topological polar surface area (TPSA) is 12.0 Å². The Labute approximate surface area is 131 Å². The Bertz CT molecular complexity index is 452. The van der Waals surface area contributed by atoms with E-state index in [1.165, 1.54) is 24.0 Å². The van der Waals surface area contributed by atoms with Crippen LogP contribution in [0.5, 0.6) is 0 Å². The molecule has 1 fully saturated rings. The second-order valence-electron chi connectivity index (χ2n) is 8.45. The highest BCUT2D eigenvalue weighted by molar-refractivity contribution is 5.35. The summed E-state index contributed by atoms with van der Waals surface area (Å²) in [7, 11) is 0. The molecule has 0 aromatic heterocycles. The Morgan fingerprint density at radius 3 is 2.19 bits per heavy atom. The standard InChI is InChI=1S/C20H33N/c1-15(2)13-21-14-20(12-11-16(20)3)18-9-7-17(8-10-18)19(4,5)6/h7-10,15-16,21H,11-14H2,1-6H3. The molecule has 2 atom stereocenters. The Hall–Kier alpha value is -0.820. The van der Waals surface area contributed by atoms with Gasteiger partial charge >= 0.3 is 0 Å². The molecule has 0 aliphatic heterocycles. The molecule has 1 aliphatic carbocycles. The molecule has 0 radical (unpaired) electrons. The van der Waals surface area contributed by atoms with E-state index in [-0.39, 0.29) is 5.41 Å². The van der Waals surface area contributed by atoms with Crippen LogP contribution in [0.4, 0.5) is 0 Å². The lowest BCUT2D eigenvalue weighted by atomic mass is 9.57. The van der Waals surface area contributed by atoms with Crippen LogP contribution in [0.2, 0.25) is 0 Å². The fraction of sp³-hybridized carbons (Fsp3) is 0.700. The zero-order chi connectivity index (χ0) is 15.7. The molecule has 118 valence electrons. The van der Waals surface area contributed by atoms with Crippen molar-refractivity contribution in [1.29, 1.82) is 0 Å². The van der Waals surface area contributed by atoms with E-state index in [0.717, 1.165) is 24.9 Å². The van der Waals surface area contributed by atoms with Gasteiger partial charge in [0.25, 0.3) is 0 Å². The Morgan fingerprint density at radius 2 is 1.81 bits per heavy atom. The number of hydrogen-bond donors (Lipinski definition) is 1. The van der Waals surface area contributed by atoms with Crippen molar-refractivity contribution in [2.45, 2.75) is 65.2 Å². The first-order chi connectivity index (χ1) is 9.75. The first kappa shape index (κ1) is 16.5. The minimum atomic E-state index is 0.243. The first-order valence-electron chi connectivity index (χ1n) is 8.57. The van der Waals surface area contributed by atoms with E-state index < -0.39 is 0 Å². The van der Waals surface area contributed by atoms with Crippen LogP contribution < -0.4 is 5.32 Å². The predicted octanol–water partition coefficient (Wildman–Crippen LogP) is 4.90. The smallest absolute Gasteiger partial charge is 0.0103 e. The zero-order valence-corrected chi connectivity index (χ0v) is 14.8. The molecule has 1 N–H and O–H groups in total. The average molecular weight is 287 g/mol. The summed E-state index contributed by atoms with van der Waals surface area (Å²) in [6, 6.07) is 9.44. The lowest BCUT2D eigenvalue weighted by Crippen LogP contribution is -2.50. The van der Waals surface area contributed by atoms with Gasteiger partial charge < -0.3 is 5.32 Å². The van der Waals surface area contributed by atoms with Crippen molar-refractivity contribution < 1.29 is 0 Å². The van der Waals surface area contributed by atoms with Crippen molar-refractivity contribution in [2.24, 2.45) is 11.8 Å². The molecule has 1 aliphatic rings. The molecule has 0 spiro atoms. The van der Waals surface area contributed by atoms with Crippen molar-refractivity contribution in [3.05, 3.63) is 35.4 Å². The monoisotopic (exact) mass is 287 g/mol. The minimum Gasteiger partial charge on any atom is -0.316 e. The lowest BCUT2D eigenvalue weighted by Gasteiger charge is -2.49. The van der Waals surface area contributed by atoms with Crippen LogP contribution in [0.1, 0.15) is 65.5 Å². The van der Waals surface area contributed by atoms with Gasteiger partial charge in [-0.2, -0.15) is 0 Å². The molecule has 2 unspecified atom stereocenters. The third kappa shape index (κ3) is 3.51. The second kappa shape index (κ2) is 6.12. The maximum absolute atomic E-state index is 3.70. The van der Waals surface area contributed by atoms with Gasteiger partial charge in [-0.1, -0.05) is 65.8 Å². The number of nitrogens with one attached hydrogen (secondary N) is 1. The van der Waals surface area contributed by atoms with E-state index in [9.17, 15) is 0 Å². The first-order valence-corrected chi connectivity index (χ1v) is 8.57. The van der Waals surface area contributed by atoms with Gasteiger partial charge in [-0.05, 0) is 47.8 Å². The molecule has 0 bridgehead atoms. The molecular weight excluding hydrogens is 254 g/mol. The fourth-order valence-corrected chi connectivity index (χ4v) is 3.46. The van der Waals surface area contributed by atoms with E-state index >= 15 is 0 Å². The van der Waals surface area contributed by atoms with E-state index in [1.807, 2.05) is 0 Å². The SMILES string of the molecule is CC(C)CNCC1(c2ccc(C(C)(C)C)cc2)CCC1C. The predicted molar refractivity (Wildman–Crippen MR) is 92.9 cm³/mol. The van der Waals surface area contributed by atoms with Gasteiger partial charge in [-0.3, -0.25) is 0 Å². The molecule has 1 saturated carbocycles. The van der Waals surface area contributed by atoms with Crippen LogP contribution in [-0.2, 0) is 10.8 Å². The largest absolute Gasteiger partial charge is 0.316 e. The molecule has 1 aromatic rings. The molecule has 1 heteroatoms. The lowest BCUT2D eigenvalue weighted by molar-refractivity contribution is 0.133. The van der Waals surface area contributed by atoms with Crippen LogP contribution in [0.15, 0.2) is 24.3 Å². The molecule has 1 aromatic carbocycles. The number of benzene rings is 1. The van der Waals surface area contributed by atoms with Crippen LogP contribution in [0.25, 0.3) is 0 Å². The van der Waals surface area contributed by atoms with E-state index in [0.29, 0.717) is 5.41 Å². The summed E-state index contributed by atoms with van der Waals surface area (Å²) in [5.74, 6) is 1.51. The van der Waals surface area contributed by atoms with Crippen molar-refractivity contribution in [3.63, 3.8) is 0 Å². The third-order valence-corrected chi connectivity index (χ3v) is 5.29. The van der Waals surface area contributed by atoms with Crippen LogP contribution in [0, 0.1) is 11.8 Å². The average Bonchev–Trinajstić information content (AvgIpc) is 2.41. The van der Waals surface area contributed by atoms with Gasteiger partial charge in [0.1, 0.15) is 0 Å². The van der Waals surface area contributed by atoms with Gasteiger partial charge in [0.2, 0.25) is 0 Å². The fourth-order valence-electron chi connectivity index (χ4n) is 3.46. The summed E-state index contributed by atoms with van der Waals surface area (Å²) < 4.78 is 0. The minimum absolute atomic E-state index is 0.243. The van der Waals surface area contributed by atoms with E-state index in [1.54, 1.807) is 0 Å². The highest BCUT2D eigenvalue weighted by Crippen LogP contribution is 2.48. The summed E-state index contributed by atoms with van der Waals surface area (Å²) in [6.07, 6.45) is 2.69. The Morgan fingerprint density at radius 1 is 1.19 bits per heavy atom. The van der Waals surface area contributed by atoms with E-state index in [2.05, 4.69) is 71.1 Å². The summed E-state index contributed by atoms with van der Waals surface area (Å²) in [6.45, 7) is 16.1. The molecule has 2 rings (SSSR count). The second-order valence-corrected chi connectivity index (χ2v) is 8.45. The van der Waals surface area contributed by atoms with Crippen molar-refractivity contribution >= 4 is 0 Å². The Kier molecular flexibility index (Phi) is 4.82. The van der Waals surface area contributed by atoms with Crippen molar-refractivity contribution in [2.75, 3.05) is 13.1 Å². The molecular formula is C20H33N. The quantitative estimate of drug-likeness (QED) is 0.812. The van der Waals surface area contributed by atoms with E-state index in [4.69, 9.17) is 0 Å². The van der Waals surface area contributed by atoms with Gasteiger partial charge in [-0.15, -0.1) is 0 Å². The molecule has 0 amide bonds. The molecule has 0 heterocycles. The summed E-state index contributed by atoms with van der Waals surface area (Å²) in [5.41, 5.74) is 3.58. The van der Waals surface area contributed by atoms with Gasteiger partial charge in [0.05, 0.1) is 0 Å². The maximum Gasteiger partial charge on any atom is 0.0103 e. The summed E-state index contributed by atoms with van der Waals surface area (Å²) in [4.78, 5) is 0. The maximum atomic E-state index is 3.70. The van der Waals surface area contributed by atoms with Gasteiger partial charge in [0, 0.05) is 12.0 Å². The molecule has 1 nitrogen and oxygen atoms in total. The van der Waals surface area contributed by atoms with Gasteiger partial charge in [-0.25, -0.2) is 0 Å². The summed E-state index contributed by atoms with van der Waals surface area (Å²) in [5, 5.41) is 3.70. The molecule has 21 heavy (non-hydrogen) atoms. The van der Waals surface area contributed by atoms with Crippen LogP contribution in [0.3, 0.4) is 0 Å². The normalized spacial score (nSPS) is 26.0. The third-order valence-electron chi connectivity index (χ3n) is 5.29. The van der Waals surface area contributed by atoms with Crippen molar-refractivity contribution in [1.82, 2.24) is 5.32 Å². The number of rotatable bonds is 5. The highest BCUT2D eigenvalue weighted by atomic mass is 14.9. The Balaban J connectivity index is 2.15. The number of hydrogen-bond acceptors (Lipinski definition) is 1. The van der Waals surface area contributed by atoms with Gasteiger partial charge in [0.15, 0.2) is 0 Å². The van der Waals surface area contributed by atoms with Crippen LogP contribution in [-0.4, -0.2) is 13.1 Å². The van der Waals surface area contributed by atoms with Crippen LogP contribution >= 0.6 is 0 Å². The summed E-state index contributed by atoms with van der Waals surface area (Å²) >= 11 is 0. The zero-order valence-electron chi connectivity index (χ0n) is 14.8. The molecule has 0 saturated heterocycles.